The van der Waals surface area contributed by atoms with Crippen LogP contribution >= 0.6 is 0 Å². The molecule has 1 aliphatic heterocycles. The number of carboxylic acids is 1. The second kappa shape index (κ2) is 14.5. The van der Waals surface area contributed by atoms with Crippen molar-refractivity contribution < 1.29 is 32.2 Å². The van der Waals surface area contributed by atoms with Crippen LogP contribution in [0.25, 0.3) is 16.9 Å². The van der Waals surface area contributed by atoms with Crippen molar-refractivity contribution in [3.8, 4) is 23.0 Å². The number of piperidine rings is 1. The summed E-state index contributed by atoms with van der Waals surface area (Å²) in [6.45, 7) is 2.70. The first kappa shape index (κ1) is 32.8. The predicted octanol–water partition coefficient (Wildman–Crippen LogP) is 5.73. The van der Waals surface area contributed by atoms with Crippen molar-refractivity contribution in [3.63, 3.8) is 0 Å². The Kier molecular flexibility index (Phi) is 10.8. The largest absolute Gasteiger partial charge is 0.490 e. The molecule has 2 aromatic carbocycles. The third-order valence-corrected chi connectivity index (χ3v) is 7.90. The molecular formula is C31H36F4N6O3. The lowest BCUT2D eigenvalue weighted by Gasteiger charge is -2.33. The lowest BCUT2D eigenvalue weighted by molar-refractivity contribution is -0.192. The summed E-state index contributed by atoms with van der Waals surface area (Å²) < 4.78 is 53.7. The van der Waals surface area contributed by atoms with Gasteiger partial charge in [-0.1, -0.05) is 12.5 Å². The van der Waals surface area contributed by atoms with Crippen LogP contribution in [-0.4, -0.2) is 65.9 Å². The number of hydrogen-bond acceptors (Lipinski definition) is 7. The van der Waals surface area contributed by atoms with Gasteiger partial charge in [0, 0.05) is 50.1 Å². The predicted molar refractivity (Wildman–Crippen MR) is 158 cm³/mol. The molecule has 3 atom stereocenters. The number of aliphatic carboxylic acids is 1. The van der Waals surface area contributed by atoms with E-state index >= 15 is 0 Å². The Balaban J connectivity index is 0.000000566. The normalized spacial score (nSPS) is 20.3. The molecule has 44 heavy (non-hydrogen) atoms. The number of carbonyl (C=O) groups is 1. The molecule has 2 heterocycles. The van der Waals surface area contributed by atoms with E-state index in [-0.39, 0.29) is 17.7 Å². The molecule has 1 aromatic heterocycles. The van der Waals surface area contributed by atoms with E-state index in [1.165, 1.54) is 12.1 Å². The minimum atomic E-state index is -5.08. The van der Waals surface area contributed by atoms with E-state index in [0.717, 1.165) is 81.0 Å². The Labute approximate surface area is 253 Å². The molecule has 1 aliphatic carbocycles. The number of benzene rings is 2. The van der Waals surface area contributed by atoms with Gasteiger partial charge in [-0.15, -0.1) is 5.10 Å². The number of halogens is 4. The molecule has 0 unspecified atom stereocenters. The maximum absolute atomic E-state index is 14.5. The van der Waals surface area contributed by atoms with Crippen LogP contribution in [0.1, 0.15) is 44.1 Å². The van der Waals surface area contributed by atoms with Gasteiger partial charge in [-0.3, -0.25) is 0 Å². The van der Waals surface area contributed by atoms with Crippen LogP contribution in [0.3, 0.4) is 0 Å². The number of hydrogen-bond donors (Lipinski definition) is 3. The number of rotatable bonds is 7. The molecule has 13 heteroatoms. The summed E-state index contributed by atoms with van der Waals surface area (Å²) in [5.41, 5.74) is 9.67. The second-order valence-corrected chi connectivity index (χ2v) is 11.1. The number of nitrogens with zero attached hydrogens (tertiary/aromatic N) is 4. The highest BCUT2D eigenvalue weighted by molar-refractivity contribution is 5.73. The Hall–Kier alpha value is -4.15. The van der Waals surface area contributed by atoms with E-state index in [9.17, 15) is 17.6 Å². The van der Waals surface area contributed by atoms with Crippen molar-refractivity contribution in [1.29, 1.82) is 5.26 Å². The van der Waals surface area contributed by atoms with Crippen molar-refractivity contribution in [2.24, 2.45) is 11.7 Å². The van der Waals surface area contributed by atoms with Gasteiger partial charge in [0.15, 0.2) is 0 Å². The zero-order valence-corrected chi connectivity index (χ0v) is 24.4. The number of carboxylic acid groups (broad SMARTS) is 1. The number of aromatic nitrogens is 2. The first-order chi connectivity index (χ1) is 21.0. The van der Waals surface area contributed by atoms with Gasteiger partial charge in [-0.05, 0) is 74.4 Å². The number of methoxy groups -OCH3 is 1. The molecule has 9 nitrogen and oxygen atoms in total. The molecule has 2 aliphatic rings. The Bertz CT molecular complexity index is 1450. The highest BCUT2D eigenvalue weighted by atomic mass is 19.4. The van der Waals surface area contributed by atoms with Crippen LogP contribution in [0.5, 0.6) is 0 Å². The first-order valence-electron chi connectivity index (χ1n) is 14.5. The molecule has 0 amide bonds. The lowest BCUT2D eigenvalue weighted by Crippen LogP contribution is -2.39. The molecular weight excluding hydrogens is 580 g/mol. The van der Waals surface area contributed by atoms with Crippen LogP contribution in [0.4, 0.5) is 29.1 Å². The molecule has 0 spiro atoms. The number of nitriles is 1. The number of ether oxygens (including phenoxy) is 1. The van der Waals surface area contributed by atoms with Crippen LogP contribution < -0.4 is 16.0 Å². The van der Waals surface area contributed by atoms with Crippen LogP contribution in [0, 0.1) is 23.1 Å². The minimum Gasteiger partial charge on any atom is -0.475 e. The zero-order chi connectivity index (χ0) is 31.9. The van der Waals surface area contributed by atoms with E-state index in [0.29, 0.717) is 11.5 Å². The molecule has 0 radical (unpaired) electrons. The van der Waals surface area contributed by atoms with E-state index in [1.807, 2.05) is 29.0 Å². The summed E-state index contributed by atoms with van der Waals surface area (Å²) in [5, 5.41) is 24.6. The fourth-order valence-electron chi connectivity index (χ4n) is 5.57. The Morgan fingerprint density at radius 3 is 2.45 bits per heavy atom. The van der Waals surface area contributed by atoms with Crippen molar-refractivity contribution in [2.75, 3.05) is 37.0 Å². The minimum absolute atomic E-state index is 0.0297. The number of nitrogens with one attached hydrogen (secondary N) is 1. The molecule has 0 bridgehead atoms. The van der Waals surface area contributed by atoms with Gasteiger partial charge >= 0.3 is 12.1 Å². The molecule has 3 aromatic rings. The third-order valence-electron chi connectivity index (χ3n) is 7.90. The number of anilines is 2. The summed E-state index contributed by atoms with van der Waals surface area (Å²) >= 11 is 0. The van der Waals surface area contributed by atoms with Crippen molar-refractivity contribution in [1.82, 2.24) is 9.78 Å². The van der Waals surface area contributed by atoms with Crippen LogP contribution in [0.2, 0.25) is 0 Å². The SMILES string of the molecule is CO[C@H]1CCCN(c2ccc(-n3nc(NC[C@H]4CCC[C@H](N)C4)cc3-c3ccc(C#N)c(F)c3)cc2)C1.O=C(O)C(F)(F)F. The summed E-state index contributed by atoms with van der Waals surface area (Å²) in [6, 6.07) is 17.1. The topological polar surface area (TPSA) is 129 Å². The molecule has 236 valence electrons. The third kappa shape index (κ3) is 8.48. The Morgan fingerprint density at radius 2 is 1.84 bits per heavy atom. The summed E-state index contributed by atoms with van der Waals surface area (Å²) in [4.78, 5) is 11.2. The van der Waals surface area contributed by atoms with E-state index in [2.05, 4.69) is 22.3 Å². The molecule has 1 saturated heterocycles. The molecule has 1 saturated carbocycles. The highest BCUT2D eigenvalue weighted by Crippen LogP contribution is 2.30. The molecule has 5 rings (SSSR count). The number of alkyl halides is 3. The van der Waals surface area contributed by atoms with Crippen molar-refractivity contribution in [2.45, 2.75) is 56.8 Å². The standard InChI is InChI=1S/C29H35FN6O.C2HF3O2/c1-37-26-6-3-13-35(19-26)24-9-11-25(12-10-24)36-28(21-7-8-22(17-31)27(30)15-21)16-29(34-36)33-18-20-4-2-5-23(32)14-20;3-2(4,5)1(6)7/h7-12,15-16,20,23,26H,2-6,13-14,18-19,32H2,1H3,(H,33,34);(H,6,7)/t20-,23-,26-;/m0./s1. The average Bonchev–Trinajstić information content (AvgIpc) is 3.44. The van der Waals surface area contributed by atoms with Crippen LogP contribution in [-0.2, 0) is 9.53 Å². The highest BCUT2D eigenvalue weighted by Gasteiger charge is 2.38. The molecule has 4 N–H and O–H groups in total. The first-order valence-corrected chi connectivity index (χ1v) is 14.5. The van der Waals surface area contributed by atoms with Crippen LogP contribution in [0.15, 0.2) is 48.5 Å². The fourth-order valence-corrected chi connectivity index (χ4v) is 5.57. The van der Waals surface area contributed by atoms with Gasteiger partial charge in [0.1, 0.15) is 17.7 Å². The smallest absolute Gasteiger partial charge is 0.475 e. The number of nitrogens with two attached hydrogens (primary N) is 1. The van der Waals surface area contributed by atoms with Gasteiger partial charge in [0.05, 0.1) is 23.0 Å². The fraction of sp³-hybridized carbons (Fsp3) is 0.452. The maximum atomic E-state index is 14.5. The van der Waals surface area contributed by atoms with Gasteiger partial charge in [0.25, 0.3) is 0 Å². The van der Waals surface area contributed by atoms with E-state index in [4.69, 9.17) is 30.7 Å². The second-order valence-electron chi connectivity index (χ2n) is 11.1. The summed E-state index contributed by atoms with van der Waals surface area (Å²) in [5.74, 6) is -2.04. The Morgan fingerprint density at radius 1 is 1.14 bits per heavy atom. The summed E-state index contributed by atoms with van der Waals surface area (Å²) in [6.07, 6.45) is 1.80. The summed E-state index contributed by atoms with van der Waals surface area (Å²) in [7, 11) is 1.77. The van der Waals surface area contributed by atoms with Gasteiger partial charge in [-0.2, -0.15) is 18.4 Å². The molecule has 2 fully saturated rings. The zero-order valence-electron chi connectivity index (χ0n) is 24.4. The van der Waals surface area contributed by atoms with Gasteiger partial charge < -0.3 is 25.8 Å². The van der Waals surface area contributed by atoms with Crippen molar-refractivity contribution in [3.05, 3.63) is 59.9 Å². The van der Waals surface area contributed by atoms with Gasteiger partial charge in [0.2, 0.25) is 0 Å². The van der Waals surface area contributed by atoms with E-state index < -0.39 is 18.0 Å². The monoisotopic (exact) mass is 616 g/mol. The lowest BCUT2D eigenvalue weighted by atomic mass is 9.86. The van der Waals surface area contributed by atoms with E-state index in [1.54, 1.807) is 13.2 Å². The maximum Gasteiger partial charge on any atom is 0.490 e. The average molecular weight is 617 g/mol. The van der Waals surface area contributed by atoms with Crippen molar-refractivity contribution >= 4 is 17.5 Å². The van der Waals surface area contributed by atoms with Gasteiger partial charge in [-0.25, -0.2) is 13.9 Å². The quantitative estimate of drug-likeness (QED) is 0.287.